The molecule has 0 heterocycles. The molecule has 1 aliphatic rings. The Morgan fingerprint density at radius 3 is 1.67 bits per heavy atom. The smallest absolute Gasteiger partial charge is 0.152 e. The summed E-state index contributed by atoms with van der Waals surface area (Å²) in [5, 5.41) is 11.8. The van der Waals surface area contributed by atoms with E-state index in [9.17, 15) is 4.79 Å². The highest BCUT2D eigenvalue weighted by Gasteiger charge is 2.52. The summed E-state index contributed by atoms with van der Waals surface area (Å²) in [6, 6.07) is 0. The van der Waals surface area contributed by atoms with Crippen LogP contribution in [0.25, 0.3) is 0 Å². The van der Waals surface area contributed by atoms with Crippen LogP contribution >= 0.6 is 0 Å². The molecule has 1 fully saturated rings. The van der Waals surface area contributed by atoms with Crippen molar-refractivity contribution in [1.29, 1.82) is 0 Å². The number of rotatable bonds is 16. The number of carbonyl (C=O) groups is 1. The van der Waals surface area contributed by atoms with Gasteiger partial charge in [-0.05, 0) is 19.3 Å². The Balaban J connectivity index is 1.87. The van der Waals surface area contributed by atoms with Gasteiger partial charge >= 0.3 is 0 Å². The number of nitrogens with zero attached hydrogens (tertiary/aromatic N) is 1. The normalized spacial score (nSPS) is 16.3. The van der Waals surface area contributed by atoms with Crippen molar-refractivity contribution < 1.29 is 10.0 Å². The zero-order valence-corrected chi connectivity index (χ0v) is 15.7. The maximum Gasteiger partial charge on any atom is 0.152 e. The first-order valence-corrected chi connectivity index (χ1v) is 10.2. The Morgan fingerprint density at radius 1 is 0.875 bits per heavy atom. The number of Topliss-reactive ketones (excluding diaryl/α,β-unsaturated/α-hetero) is 1. The fraction of sp³-hybridized carbons (Fsp3) is 0.900. The van der Waals surface area contributed by atoms with Gasteiger partial charge in [0, 0.05) is 6.42 Å². The molecule has 0 spiro atoms. The molecular formula is C20H38N2O2. The predicted octanol–water partition coefficient (Wildman–Crippen LogP) is 5.56. The second-order valence-corrected chi connectivity index (χ2v) is 7.48. The summed E-state index contributed by atoms with van der Waals surface area (Å²) in [4.78, 5) is 12.2. The molecule has 140 valence electrons. The number of carbonyl (C=O) groups excluding carboxylic acids is 1. The molecule has 4 nitrogen and oxygen atoms in total. The molecule has 24 heavy (non-hydrogen) atoms. The van der Waals surface area contributed by atoms with E-state index >= 15 is 0 Å². The molecule has 0 bridgehead atoms. The first-order valence-electron chi connectivity index (χ1n) is 10.2. The van der Waals surface area contributed by atoms with Crippen molar-refractivity contribution in [3.63, 3.8) is 0 Å². The second kappa shape index (κ2) is 12.3. The molecule has 0 amide bonds. The van der Waals surface area contributed by atoms with Crippen molar-refractivity contribution in [3.05, 3.63) is 0 Å². The van der Waals surface area contributed by atoms with Crippen LogP contribution < -0.4 is 5.73 Å². The number of unbranched alkanes of at least 4 members (excludes halogenated alkanes) is 12. The Bertz CT molecular complexity index is 376. The monoisotopic (exact) mass is 338 g/mol. The standard InChI is InChI=1S/C20H38N2O2/c1-2-3-4-5-6-7-8-9-10-11-12-13-14-15-18(23)20(16-17-20)19(21)22-24/h24H,2-17H2,1H3,(H2,21,22). The van der Waals surface area contributed by atoms with Crippen molar-refractivity contribution in [2.75, 3.05) is 0 Å². The van der Waals surface area contributed by atoms with Crippen LogP contribution in [-0.2, 0) is 4.79 Å². The summed E-state index contributed by atoms with van der Waals surface area (Å²) in [6.07, 6.45) is 19.1. The lowest BCUT2D eigenvalue weighted by Crippen LogP contribution is -2.32. The molecule has 0 saturated heterocycles. The molecule has 1 aliphatic carbocycles. The van der Waals surface area contributed by atoms with Gasteiger partial charge in [0.1, 0.15) is 5.78 Å². The molecule has 0 aromatic rings. The van der Waals surface area contributed by atoms with Crippen molar-refractivity contribution in [2.24, 2.45) is 16.3 Å². The number of amidine groups is 1. The van der Waals surface area contributed by atoms with Crippen LogP contribution in [0.15, 0.2) is 5.16 Å². The quantitative estimate of drug-likeness (QED) is 0.127. The predicted molar refractivity (Wildman–Crippen MR) is 100 cm³/mol. The van der Waals surface area contributed by atoms with Gasteiger partial charge in [-0.1, -0.05) is 89.1 Å². The first-order chi connectivity index (χ1) is 11.7. The molecule has 1 rings (SSSR count). The van der Waals surface area contributed by atoms with Gasteiger partial charge in [0.05, 0.1) is 5.41 Å². The molecule has 0 aromatic carbocycles. The van der Waals surface area contributed by atoms with Gasteiger partial charge in [-0.3, -0.25) is 4.79 Å². The van der Waals surface area contributed by atoms with E-state index in [1.807, 2.05) is 0 Å². The zero-order valence-electron chi connectivity index (χ0n) is 15.7. The fourth-order valence-corrected chi connectivity index (χ4v) is 3.44. The average Bonchev–Trinajstić information content (AvgIpc) is 3.40. The van der Waals surface area contributed by atoms with Gasteiger partial charge in [-0.25, -0.2) is 0 Å². The lowest BCUT2D eigenvalue weighted by molar-refractivity contribution is -0.122. The third kappa shape index (κ3) is 7.67. The van der Waals surface area contributed by atoms with Crippen molar-refractivity contribution in [3.8, 4) is 0 Å². The highest BCUT2D eigenvalue weighted by atomic mass is 16.4. The van der Waals surface area contributed by atoms with E-state index in [1.54, 1.807) is 0 Å². The van der Waals surface area contributed by atoms with Crippen LogP contribution in [0.4, 0.5) is 0 Å². The fourth-order valence-electron chi connectivity index (χ4n) is 3.44. The maximum atomic E-state index is 12.2. The second-order valence-electron chi connectivity index (χ2n) is 7.48. The molecule has 3 N–H and O–H groups in total. The lowest BCUT2D eigenvalue weighted by Gasteiger charge is -2.11. The van der Waals surface area contributed by atoms with Crippen molar-refractivity contribution in [1.82, 2.24) is 0 Å². The minimum Gasteiger partial charge on any atom is -0.409 e. The third-order valence-electron chi connectivity index (χ3n) is 5.39. The van der Waals surface area contributed by atoms with Crippen LogP contribution in [-0.4, -0.2) is 16.8 Å². The van der Waals surface area contributed by atoms with E-state index in [0.29, 0.717) is 6.42 Å². The number of nitrogens with two attached hydrogens (primary N) is 1. The van der Waals surface area contributed by atoms with Gasteiger partial charge in [-0.2, -0.15) is 0 Å². The molecule has 0 atom stereocenters. The zero-order chi connectivity index (χ0) is 17.7. The van der Waals surface area contributed by atoms with E-state index in [0.717, 1.165) is 25.7 Å². The molecule has 4 heteroatoms. The lowest BCUT2D eigenvalue weighted by atomic mass is 9.94. The van der Waals surface area contributed by atoms with E-state index < -0.39 is 5.41 Å². The number of hydrogen-bond donors (Lipinski definition) is 2. The number of oxime groups is 1. The topological polar surface area (TPSA) is 75.7 Å². The summed E-state index contributed by atoms with van der Waals surface area (Å²) in [6.45, 7) is 2.26. The Kier molecular flexibility index (Phi) is 10.8. The van der Waals surface area contributed by atoms with Gasteiger partial charge < -0.3 is 10.9 Å². The highest BCUT2D eigenvalue weighted by Crippen LogP contribution is 2.47. The Hall–Kier alpha value is -1.06. The van der Waals surface area contributed by atoms with Crippen LogP contribution in [0.3, 0.4) is 0 Å². The van der Waals surface area contributed by atoms with E-state index in [-0.39, 0.29) is 11.6 Å². The summed E-state index contributed by atoms with van der Waals surface area (Å²) in [7, 11) is 0. The third-order valence-corrected chi connectivity index (χ3v) is 5.39. The van der Waals surface area contributed by atoms with E-state index in [1.165, 1.54) is 70.6 Å². The van der Waals surface area contributed by atoms with Gasteiger partial charge in [0.2, 0.25) is 0 Å². The van der Waals surface area contributed by atoms with E-state index in [2.05, 4.69) is 12.1 Å². The minimum absolute atomic E-state index is 0.113. The molecule has 0 unspecified atom stereocenters. The Morgan fingerprint density at radius 2 is 1.29 bits per heavy atom. The minimum atomic E-state index is -0.605. The van der Waals surface area contributed by atoms with Gasteiger partial charge in [0.25, 0.3) is 0 Å². The average molecular weight is 339 g/mol. The summed E-state index contributed by atoms with van der Waals surface area (Å²) < 4.78 is 0. The highest BCUT2D eigenvalue weighted by molar-refractivity contribution is 6.10. The molecule has 0 aromatic heterocycles. The first kappa shape index (κ1) is 21.0. The number of ketones is 1. The van der Waals surface area contributed by atoms with E-state index in [4.69, 9.17) is 10.9 Å². The van der Waals surface area contributed by atoms with Crippen molar-refractivity contribution in [2.45, 2.75) is 110 Å². The summed E-state index contributed by atoms with van der Waals surface area (Å²) in [5.41, 5.74) is 5.03. The van der Waals surface area contributed by atoms with Gasteiger partial charge in [-0.15, -0.1) is 0 Å². The molecule has 1 saturated carbocycles. The Labute approximate surface area is 148 Å². The summed E-state index contributed by atoms with van der Waals surface area (Å²) in [5.74, 6) is 0.281. The molecule has 0 radical (unpaired) electrons. The maximum absolute atomic E-state index is 12.2. The SMILES string of the molecule is CCCCCCCCCCCCCCCC(=O)C1(/C(N)=N/O)CC1. The molecule has 0 aliphatic heterocycles. The number of hydrogen-bond acceptors (Lipinski definition) is 3. The summed E-state index contributed by atoms with van der Waals surface area (Å²) >= 11 is 0. The molecular weight excluding hydrogens is 300 g/mol. The van der Waals surface area contributed by atoms with Gasteiger partial charge in [0.15, 0.2) is 5.84 Å². The largest absolute Gasteiger partial charge is 0.409 e. The van der Waals surface area contributed by atoms with Crippen LogP contribution in [0.5, 0.6) is 0 Å². The van der Waals surface area contributed by atoms with Crippen LogP contribution in [0.2, 0.25) is 0 Å². The van der Waals surface area contributed by atoms with Crippen LogP contribution in [0.1, 0.15) is 110 Å². The van der Waals surface area contributed by atoms with Crippen LogP contribution in [0, 0.1) is 5.41 Å². The van der Waals surface area contributed by atoms with Crippen molar-refractivity contribution >= 4 is 11.6 Å².